The van der Waals surface area contributed by atoms with Crippen molar-refractivity contribution in [1.29, 1.82) is 0 Å². The predicted octanol–water partition coefficient (Wildman–Crippen LogP) is 3.25. The van der Waals surface area contributed by atoms with E-state index in [0.717, 1.165) is 22.3 Å². The number of nitrogens with zero attached hydrogens (tertiary/aromatic N) is 4. The predicted molar refractivity (Wildman–Crippen MR) is 126 cm³/mol. The second-order valence-corrected chi connectivity index (χ2v) is 8.63. The fraction of sp³-hybridized carbons (Fsp3) is 0.478. The summed E-state index contributed by atoms with van der Waals surface area (Å²) in [5.74, 6) is 1.05. The van der Waals surface area contributed by atoms with Gasteiger partial charge in [0, 0.05) is 25.6 Å². The van der Waals surface area contributed by atoms with Gasteiger partial charge in [-0.1, -0.05) is 26.0 Å². The third-order valence-corrected chi connectivity index (χ3v) is 4.89. The minimum absolute atomic E-state index is 0.0672. The number of carbonyl (C=O) groups is 1. The van der Waals surface area contributed by atoms with Crippen LogP contribution in [0.1, 0.15) is 64.8 Å². The van der Waals surface area contributed by atoms with Crippen molar-refractivity contribution in [2.75, 3.05) is 11.9 Å². The van der Waals surface area contributed by atoms with Crippen LogP contribution in [-0.2, 0) is 11.3 Å². The lowest BCUT2D eigenvalue weighted by atomic mass is 10.1. The van der Waals surface area contributed by atoms with E-state index >= 15 is 0 Å². The Morgan fingerprint density at radius 2 is 2.03 bits per heavy atom. The van der Waals surface area contributed by atoms with Crippen LogP contribution in [0.25, 0.3) is 11.0 Å². The number of aromatic amines is 1. The number of carbonyl (C=O) groups excluding carboxylic acids is 1. The van der Waals surface area contributed by atoms with Gasteiger partial charge < -0.3 is 20.4 Å². The molecule has 2 heterocycles. The summed E-state index contributed by atoms with van der Waals surface area (Å²) in [6.07, 6.45) is 0. The number of aromatic nitrogens is 4. The fourth-order valence-electron chi connectivity index (χ4n) is 3.49. The van der Waals surface area contributed by atoms with Crippen LogP contribution in [0.4, 0.5) is 5.82 Å². The number of nitrogens with one attached hydrogen (secondary N) is 2. The summed E-state index contributed by atoms with van der Waals surface area (Å²) in [5.41, 5.74) is 10.3. The van der Waals surface area contributed by atoms with Gasteiger partial charge >= 0.3 is 5.97 Å². The highest BCUT2D eigenvalue weighted by atomic mass is 16.5. The average molecular weight is 440 g/mol. The van der Waals surface area contributed by atoms with E-state index in [4.69, 9.17) is 20.4 Å². The molecule has 0 amide bonds. The maximum absolute atomic E-state index is 11.3. The van der Waals surface area contributed by atoms with E-state index in [1.807, 2.05) is 25.1 Å². The summed E-state index contributed by atoms with van der Waals surface area (Å²) in [6, 6.07) is 7.46. The fourth-order valence-corrected chi connectivity index (χ4v) is 3.49. The lowest BCUT2D eigenvalue weighted by Crippen LogP contribution is -2.30. The highest BCUT2D eigenvalue weighted by molar-refractivity contribution is 5.87. The average Bonchev–Trinajstić information content (AvgIpc) is 3.15. The number of hydrogen-bond donors (Lipinski definition) is 3. The molecule has 0 aliphatic rings. The molecule has 172 valence electrons. The number of ether oxygens (including phenoxy) is 1. The first-order chi connectivity index (χ1) is 15.2. The van der Waals surface area contributed by atoms with Crippen molar-refractivity contribution in [2.45, 2.75) is 66.1 Å². The minimum atomic E-state index is -0.349. The van der Waals surface area contributed by atoms with Gasteiger partial charge in [0.15, 0.2) is 11.3 Å². The number of hydrogen-bond acceptors (Lipinski definition) is 7. The molecule has 9 nitrogen and oxygen atoms in total. The molecule has 0 aliphatic carbocycles. The summed E-state index contributed by atoms with van der Waals surface area (Å²) < 4.78 is 7.31. The number of fused-ring (bicyclic) bond motifs is 1. The summed E-state index contributed by atoms with van der Waals surface area (Å²) in [5, 5.41) is 11.2. The van der Waals surface area contributed by atoms with Crippen LogP contribution in [-0.4, -0.2) is 38.3 Å². The number of anilines is 1. The third kappa shape index (κ3) is 5.34. The first kappa shape index (κ1) is 23.5. The standard InChI is InChI=1S/C23H33N7O2/c1-13(2)19-21-20(29-28-19)22(27-23(26-11-15(5)24)30(21)14(3)4)25-12-17-8-7-9-18(10-17)32-16(6)31/h7-10,13-15H,11-12,24H2,1-6H3,(H,28,29)(H,25,26,27). The zero-order valence-electron chi connectivity index (χ0n) is 19.6. The van der Waals surface area contributed by atoms with Crippen LogP contribution in [0, 0.1) is 0 Å². The van der Waals surface area contributed by atoms with Crippen LogP contribution in [0.3, 0.4) is 0 Å². The van der Waals surface area contributed by atoms with Gasteiger partial charge in [-0.2, -0.15) is 10.1 Å². The van der Waals surface area contributed by atoms with Gasteiger partial charge in [0.25, 0.3) is 0 Å². The largest absolute Gasteiger partial charge is 0.427 e. The SMILES string of the molecule is CC(=O)Oc1cccc(CNc2nc(=NCC(C)N)n(C(C)C)c3c(C(C)C)[nH]nc23)c1. The van der Waals surface area contributed by atoms with E-state index in [0.29, 0.717) is 30.3 Å². The maximum Gasteiger partial charge on any atom is 0.308 e. The molecule has 1 atom stereocenters. The molecule has 0 saturated carbocycles. The number of rotatable bonds is 8. The molecular formula is C23H33N7O2. The van der Waals surface area contributed by atoms with E-state index in [9.17, 15) is 4.79 Å². The van der Waals surface area contributed by atoms with Gasteiger partial charge in [0.05, 0.1) is 17.8 Å². The van der Waals surface area contributed by atoms with E-state index in [-0.39, 0.29) is 24.0 Å². The van der Waals surface area contributed by atoms with Gasteiger partial charge in [-0.3, -0.25) is 9.89 Å². The molecule has 0 bridgehead atoms. The molecule has 3 rings (SSSR count). The Morgan fingerprint density at radius 1 is 1.28 bits per heavy atom. The quantitative estimate of drug-likeness (QED) is 0.366. The molecule has 0 spiro atoms. The Labute approximate surface area is 188 Å². The van der Waals surface area contributed by atoms with Crippen molar-refractivity contribution in [1.82, 2.24) is 19.7 Å². The van der Waals surface area contributed by atoms with Gasteiger partial charge in [-0.15, -0.1) is 0 Å². The monoisotopic (exact) mass is 439 g/mol. The molecule has 1 unspecified atom stereocenters. The Morgan fingerprint density at radius 3 is 2.66 bits per heavy atom. The first-order valence-corrected chi connectivity index (χ1v) is 10.9. The number of esters is 1. The zero-order chi connectivity index (χ0) is 23.4. The van der Waals surface area contributed by atoms with Crippen LogP contribution in [0.15, 0.2) is 29.3 Å². The van der Waals surface area contributed by atoms with Crippen molar-refractivity contribution in [3.05, 3.63) is 41.1 Å². The second-order valence-electron chi connectivity index (χ2n) is 8.63. The van der Waals surface area contributed by atoms with Crippen molar-refractivity contribution in [2.24, 2.45) is 10.7 Å². The zero-order valence-corrected chi connectivity index (χ0v) is 19.6. The normalized spacial score (nSPS) is 13.2. The molecule has 9 heteroatoms. The van der Waals surface area contributed by atoms with Gasteiger partial charge in [0.2, 0.25) is 5.62 Å². The summed E-state index contributed by atoms with van der Waals surface area (Å²) in [6.45, 7) is 12.7. The molecule has 0 radical (unpaired) electrons. The highest BCUT2D eigenvalue weighted by Gasteiger charge is 2.20. The van der Waals surface area contributed by atoms with Crippen molar-refractivity contribution < 1.29 is 9.53 Å². The molecule has 0 fully saturated rings. The van der Waals surface area contributed by atoms with Gasteiger partial charge in [0.1, 0.15) is 5.75 Å². The van der Waals surface area contributed by atoms with E-state index < -0.39 is 0 Å². The van der Waals surface area contributed by atoms with Crippen LogP contribution in [0.2, 0.25) is 0 Å². The Hall–Kier alpha value is -3.20. The third-order valence-electron chi connectivity index (χ3n) is 4.89. The van der Waals surface area contributed by atoms with Gasteiger partial charge in [-0.05, 0) is 44.4 Å². The molecule has 0 saturated heterocycles. The second kappa shape index (κ2) is 9.95. The molecule has 4 N–H and O–H groups in total. The highest BCUT2D eigenvalue weighted by Crippen LogP contribution is 2.27. The van der Waals surface area contributed by atoms with Gasteiger partial charge in [-0.25, -0.2) is 4.99 Å². The molecule has 2 aromatic heterocycles. The summed E-state index contributed by atoms with van der Waals surface area (Å²) in [4.78, 5) is 20.8. The number of nitrogens with two attached hydrogens (primary N) is 1. The van der Waals surface area contributed by atoms with E-state index in [1.165, 1.54) is 6.92 Å². The summed E-state index contributed by atoms with van der Waals surface area (Å²) in [7, 11) is 0. The molecule has 0 aliphatic heterocycles. The van der Waals surface area contributed by atoms with Crippen LogP contribution >= 0.6 is 0 Å². The first-order valence-electron chi connectivity index (χ1n) is 10.9. The maximum atomic E-state index is 11.3. The smallest absolute Gasteiger partial charge is 0.308 e. The van der Waals surface area contributed by atoms with Crippen molar-refractivity contribution in [3.8, 4) is 5.75 Å². The lowest BCUT2D eigenvalue weighted by Gasteiger charge is -2.17. The molecular weight excluding hydrogens is 406 g/mol. The molecule has 1 aromatic carbocycles. The Bertz CT molecular complexity index is 1160. The van der Waals surface area contributed by atoms with Crippen molar-refractivity contribution >= 4 is 22.8 Å². The molecule has 3 aromatic rings. The lowest BCUT2D eigenvalue weighted by molar-refractivity contribution is -0.131. The Balaban J connectivity index is 2.08. The minimum Gasteiger partial charge on any atom is -0.427 e. The summed E-state index contributed by atoms with van der Waals surface area (Å²) >= 11 is 0. The van der Waals surface area contributed by atoms with Crippen LogP contribution < -0.4 is 21.4 Å². The van der Waals surface area contributed by atoms with E-state index in [2.05, 4.69) is 47.8 Å². The Kier molecular flexibility index (Phi) is 7.29. The van der Waals surface area contributed by atoms with Crippen LogP contribution in [0.5, 0.6) is 5.75 Å². The topological polar surface area (TPSA) is 123 Å². The van der Waals surface area contributed by atoms with Crippen molar-refractivity contribution in [3.63, 3.8) is 0 Å². The number of benzene rings is 1. The molecule has 32 heavy (non-hydrogen) atoms. The van der Waals surface area contributed by atoms with E-state index in [1.54, 1.807) is 6.07 Å². The number of H-pyrrole nitrogens is 1.